The van der Waals surface area contributed by atoms with Crippen LogP contribution in [0.25, 0.3) is 0 Å². The number of urea groups is 2. The van der Waals surface area contributed by atoms with Crippen LogP contribution in [0.3, 0.4) is 0 Å². The van der Waals surface area contributed by atoms with Crippen molar-refractivity contribution in [1.29, 1.82) is 0 Å². The SMILES string of the molecule is CC1(Cc2ccnc(NC(=O)NCc3ccccc3)c2)NC(=O)N(c2ccc(SC(F)(F)F)cc2)C1=O. The van der Waals surface area contributed by atoms with E-state index in [4.69, 9.17) is 0 Å². The van der Waals surface area contributed by atoms with Gasteiger partial charge in [0.05, 0.1) is 5.69 Å². The Hall–Kier alpha value is -4.06. The van der Waals surface area contributed by atoms with Crippen LogP contribution in [-0.2, 0) is 17.8 Å². The first-order chi connectivity index (χ1) is 17.5. The minimum absolute atomic E-state index is 0.0595. The summed E-state index contributed by atoms with van der Waals surface area (Å²) in [6.45, 7) is 1.89. The van der Waals surface area contributed by atoms with E-state index in [1.165, 1.54) is 30.5 Å². The van der Waals surface area contributed by atoms with Crippen molar-refractivity contribution in [2.75, 3.05) is 10.2 Å². The number of benzene rings is 2. The fourth-order valence-electron chi connectivity index (χ4n) is 3.84. The van der Waals surface area contributed by atoms with Crippen LogP contribution in [0.15, 0.2) is 77.8 Å². The maximum atomic E-state index is 13.2. The highest BCUT2D eigenvalue weighted by atomic mass is 32.2. The third-order valence-corrected chi connectivity index (χ3v) is 6.25. The van der Waals surface area contributed by atoms with E-state index in [2.05, 4.69) is 20.9 Å². The van der Waals surface area contributed by atoms with Crippen LogP contribution in [0.4, 0.5) is 34.3 Å². The molecule has 4 rings (SSSR count). The molecule has 3 aromatic rings. The maximum absolute atomic E-state index is 13.2. The summed E-state index contributed by atoms with van der Waals surface area (Å²) in [6, 6.07) is 16.5. The molecule has 1 aliphatic heterocycles. The van der Waals surface area contributed by atoms with Gasteiger partial charge in [-0.05, 0) is 66.2 Å². The first-order valence-electron chi connectivity index (χ1n) is 11.1. The van der Waals surface area contributed by atoms with Gasteiger partial charge in [0.25, 0.3) is 5.91 Å². The molecular formula is C25H22F3N5O3S. The number of amides is 5. The number of rotatable bonds is 7. The monoisotopic (exact) mass is 529 g/mol. The average molecular weight is 530 g/mol. The summed E-state index contributed by atoms with van der Waals surface area (Å²) in [5.74, 6) is -0.293. The van der Waals surface area contributed by atoms with Gasteiger partial charge in [0.1, 0.15) is 11.4 Å². The van der Waals surface area contributed by atoms with Crippen molar-refractivity contribution in [2.24, 2.45) is 0 Å². The van der Waals surface area contributed by atoms with E-state index < -0.39 is 29.0 Å². The molecule has 3 N–H and O–H groups in total. The molecule has 37 heavy (non-hydrogen) atoms. The largest absolute Gasteiger partial charge is 0.446 e. The van der Waals surface area contributed by atoms with Gasteiger partial charge in [-0.3, -0.25) is 10.1 Å². The summed E-state index contributed by atoms with van der Waals surface area (Å²) >= 11 is -0.282. The predicted octanol–water partition coefficient (Wildman–Crippen LogP) is 5.07. The predicted molar refractivity (Wildman–Crippen MR) is 133 cm³/mol. The summed E-state index contributed by atoms with van der Waals surface area (Å²) in [4.78, 5) is 43.1. The Morgan fingerprint density at radius 3 is 2.43 bits per heavy atom. The minimum Gasteiger partial charge on any atom is -0.334 e. The molecule has 2 aromatic carbocycles. The molecule has 1 atom stereocenters. The number of pyridine rings is 1. The molecule has 1 unspecified atom stereocenters. The Kier molecular flexibility index (Phi) is 7.39. The topological polar surface area (TPSA) is 103 Å². The lowest BCUT2D eigenvalue weighted by Crippen LogP contribution is -2.46. The molecule has 1 aromatic heterocycles. The molecule has 192 valence electrons. The molecule has 0 spiro atoms. The zero-order valence-corrected chi connectivity index (χ0v) is 20.3. The number of hydrogen-bond acceptors (Lipinski definition) is 5. The second-order valence-electron chi connectivity index (χ2n) is 8.46. The van der Waals surface area contributed by atoms with E-state index in [0.29, 0.717) is 12.1 Å². The lowest BCUT2D eigenvalue weighted by atomic mass is 9.93. The van der Waals surface area contributed by atoms with Gasteiger partial charge >= 0.3 is 17.6 Å². The smallest absolute Gasteiger partial charge is 0.334 e. The number of halogens is 3. The Morgan fingerprint density at radius 1 is 1.05 bits per heavy atom. The van der Waals surface area contributed by atoms with Gasteiger partial charge in [0.15, 0.2) is 0 Å². The highest BCUT2D eigenvalue weighted by Gasteiger charge is 2.48. The first kappa shape index (κ1) is 26.0. The number of alkyl halides is 3. The fourth-order valence-corrected chi connectivity index (χ4v) is 4.37. The van der Waals surface area contributed by atoms with Crippen LogP contribution in [0.1, 0.15) is 18.1 Å². The van der Waals surface area contributed by atoms with E-state index in [1.807, 2.05) is 30.3 Å². The molecule has 8 nitrogen and oxygen atoms in total. The molecule has 0 radical (unpaired) electrons. The fraction of sp³-hybridized carbons (Fsp3) is 0.200. The number of hydrogen-bond donors (Lipinski definition) is 3. The Labute approximate surface area is 214 Å². The van der Waals surface area contributed by atoms with Gasteiger partial charge < -0.3 is 10.6 Å². The molecule has 1 saturated heterocycles. The molecule has 12 heteroatoms. The Morgan fingerprint density at radius 2 is 1.76 bits per heavy atom. The van der Waals surface area contributed by atoms with Crippen molar-refractivity contribution < 1.29 is 27.6 Å². The lowest BCUT2D eigenvalue weighted by Gasteiger charge is -2.22. The second-order valence-corrected chi connectivity index (χ2v) is 9.60. The van der Waals surface area contributed by atoms with Crippen LogP contribution < -0.4 is 20.9 Å². The van der Waals surface area contributed by atoms with Gasteiger partial charge in [-0.15, -0.1) is 0 Å². The average Bonchev–Trinajstić information content (AvgIpc) is 3.05. The summed E-state index contributed by atoms with van der Waals surface area (Å²) in [5.41, 5.74) is -4.04. The number of aromatic nitrogens is 1. The third kappa shape index (κ3) is 6.58. The zero-order valence-electron chi connectivity index (χ0n) is 19.5. The van der Waals surface area contributed by atoms with Gasteiger partial charge in [-0.2, -0.15) is 13.2 Å². The highest BCUT2D eigenvalue weighted by molar-refractivity contribution is 8.00. The lowest BCUT2D eigenvalue weighted by molar-refractivity contribution is -0.121. The zero-order chi connectivity index (χ0) is 26.6. The summed E-state index contributed by atoms with van der Waals surface area (Å²) < 4.78 is 37.8. The Bertz CT molecular complexity index is 1300. The number of anilines is 2. The normalized spacial score (nSPS) is 17.5. The van der Waals surface area contributed by atoms with Crippen LogP contribution in [0.5, 0.6) is 0 Å². The van der Waals surface area contributed by atoms with Gasteiger partial charge in [-0.1, -0.05) is 30.3 Å². The molecular weight excluding hydrogens is 507 g/mol. The number of nitrogens with zero attached hydrogens (tertiary/aromatic N) is 2. The van der Waals surface area contributed by atoms with Crippen molar-refractivity contribution in [1.82, 2.24) is 15.6 Å². The molecule has 1 fully saturated rings. The number of thioether (sulfide) groups is 1. The van der Waals surface area contributed by atoms with E-state index >= 15 is 0 Å². The van der Waals surface area contributed by atoms with Gasteiger partial charge in [-0.25, -0.2) is 19.5 Å². The van der Waals surface area contributed by atoms with Crippen molar-refractivity contribution >= 4 is 41.2 Å². The first-order valence-corrected chi connectivity index (χ1v) is 11.9. The number of carbonyl (C=O) groups is 3. The molecule has 0 saturated carbocycles. The van der Waals surface area contributed by atoms with E-state index in [1.54, 1.807) is 19.1 Å². The highest BCUT2D eigenvalue weighted by Crippen LogP contribution is 2.38. The van der Waals surface area contributed by atoms with E-state index in [9.17, 15) is 27.6 Å². The Balaban J connectivity index is 1.41. The van der Waals surface area contributed by atoms with Crippen molar-refractivity contribution in [3.8, 4) is 0 Å². The maximum Gasteiger partial charge on any atom is 0.446 e. The van der Waals surface area contributed by atoms with Crippen molar-refractivity contribution in [3.63, 3.8) is 0 Å². The number of nitrogens with one attached hydrogen (secondary N) is 3. The van der Waals surface area contributed by atoms with Crippen LogP contribution in [0, 0.1) is 0 Å². The van der Waals surface area contributed by atoms with Crippen molar-refractivity contribution in [2.45, 2.75) is 35.8 Å². The molecule has 0 aliphatic carbocycles. The van der Waals surface area contributed by atoms with Crippen LogP contribution >= 0.6 is 11.8 Å². The minimum atomic E-state index is -4.44. The third-order valence-electron chi connectivity index (χ3n) is 5.51. The molecule has 2 heterocycles. The summed E-state index contributed by atoms with van der Waals surface area (Å²) in [6.07, 6.45) is 1.57. The van der Waals surface area contributed by atoms with Gasteiger partial charge in [0, 0.05) is 24.1 Å². The molecule has 0 bridgehead atoms. The van der Waals surface area contributed by atoms with Gasteiger partial charge in [0.2, 0.25) is 0 Å². The molecule has 1 aliphatic rings. The molecule has 5 amide bonds. The summed E-state index contributed by atoms with van der Waals surface area (Å²) in [7, 11) is 0. The van der Waals surface area contributed by atoms with E-state index in [0.717, 1.165) is 10.5 Å². The van der Waals surface area contributed by atoms with E-state index in [-0.39, 0.29) is 34.6 Å². The number of carbonyl (C=O) groups excluding carboxylic acids is 3. The second kappa shape index (κ2) is 10.5. The van der Waals surface area contributed by atoms with Crippen LogP contribution in [-0.4, -0.2) is 34.0 Å². The quantitative estimate of drug-likeness (QED) is 0.293. The number of imide groups is 1. The summed E-state index contributed by atoms with van der Waals surface area (Å²) in [5, 5.41) is 8.03. The van der Waals surface area contributed by atoms with Crippen molar-refractivity contribution in [3.05, 3.63) is 84.1 Å². The standard InChI is InChI=1S/C25H22F3N5O3S/c1-24(21(34)33(23(36)32-24)18-7-9-19(10-8-18)37-25(26,27)28)14-17-11-12-29-20(13-17)31-22(35)30-15-16-5-3-2-4-6-16/h2-13H,14-15H2,1H3,(H,32,36)(H2,29,30,31,35). The van der Waals surface area contributed by atoms with Crippen LogP contribution in [0.2, 0.25) is 0 Å².